The number of ether oxygens (including phenoxy) is 1. The Morgan fingerprint density at radius 3 is 2.39 bits per heavy atom. The summed E-state index contributed by atoms with van der Waals surface area (Å²) in [5.74, 6) is 0. The molecule has 0 aliphatic carbocycles. The number of methoxy groups -OCH3 is 1. The van der Waals surface area contributed by atoms with Gasteiger partial charge in [0.2, 0.25) is 0 Å². The van der Waals surface area contributed by atoms with Gasteiger partial charge in [0.1, 0.15) is 16.4 Å². The molecule has 3 nitrogen and oxygen atoms in total. The molecule has 0 aromatic carbocycles. The van der Waals surface area contributed by atoms with Crippen molar-refractivity contribution in [2.75, 3.05) is 13.7 Å². The molecule has 0 radical (unpaired) electrons. The van der Waals surface area contributed by atoms with Crippen molar-refractivity contribution in [1.29, 1.82) is 0 Å². The fourth-order valence-corrected chi connectivity index (χ4v) is 1.88. The van der Waals surface area contributed by atoms with Crippen molar-refractivity contribution in [2.45, 2.75) is 25.1 Å². The lowest BCUT2D eigenvalue weighted by Crippen LogP contribution is -2.31. The van der Waals surface area contributed by atoms with E-state index >= 15 is 0 Å². The van der Waals surface area contributed by atoms with Crippen LogP contribution in [0.4, 0.5) is 13.2 Å². The molecule has 18 heavy (non-hydrogen) atoms. The molecule has 0 saturated heterocycles. The summed E-state index contributed by atoms with van der Waals surface area (Å²) in [6.07, 6.45) is -4.32. The highest BCUT2D eigenvalue weighted by atomic mass is 35.5. The van der Waals surface area contributed by atoms with Crippen LogP contribution in [0.1, 0.15) is 24.6 Å². The zero-order chi connectivity index (χ0) is 14.0. The largest absolute Gasteiger partial charge is 0.433 e. The summed E-state index contributed by atoms with van der Waals surface area (Å²) in [4.78, 5) is 3.27. The van der Waals surface area contributed by atoms with Gasteiger partial charge in [-0.1, -0.05) is 24.6 Å². The fraction of sp³-hybridized carbons (Fsp3) is 0.545. The van der Waals surface area contributed by atoms with Gasteiger partial charge in [-0.05, 0) is 12.5 Å². The molecule has 0 bridgehead atoms. The maximum absolute atomic E-state index is 12.4. The predicted octanol–water partition coefficient (Wildman–Crippen LogP) is 3.00. The van der Waals surface area contributed by atoms with E-state index in [0.29, 0.717) is 0 Å². The molecule has 102 valence electrons. The van der Waals surface area contributed by atoms with E-state index in [9.17, 15) is 18.3 Å². The normalized spacial score (nSPS) is 15.5. The second-order valence-corrected chi connectivity index (χ2v) is 4.21. The number of hydrogen-bond donors (Lipinski definition) is 1. The van der Waals surface area contributed by atoms with Gasteiger partial charge in [0, 0.05) is 12.7 Å². The van der Waals surface area contributed by atoms with Crippen molar-refractivity contribution >= 4 is 11.6 Å². The number of aromatic nitrogens is 1. The van der Waals surface area contributed by atoms with Gasteiger partial charge in [0.25, 0.3) is 0 Å². The Balaban J connectivity index is 3.20. The summed E-state index contributed by atoms with van der Waals surface area (Å²) < 4.78 is 42.1. The summed E-state index contributed by atoms with van der Waals surface area (Å²) in [6, 6.07) is 1.91. The molecule has 1 rings (SSSR count). The van der Waals surface area contributed by atoms with E-state index in [1.54, 1.807) is 6.92 Å². The highest BCUT2D eigenvalue weighted by Gasteiger charge is 2.36. The fourth-order valence-electron chi connectivity index (χ4n) is 1.55. The zero-order valence-corrected chi connectivity index (χ0v) is 10.6. The third-order valence-electron chi connectivity index (χ3n) is 2.61. The molecule has 1 aromatic rings. The van der Waals surface area contributed by atoms with Crippen LogP contribution in [0.25, 0.3) is 0 Å². The highest BCUT2D eigenvalue weighted by Crippen LogP contribution is 2.34. The quantitative estimate of drug-likeness (QED) is 0.864. The summed E-state index contributed by atoms with van der Waals surface area (Å²) >= 11 is 5.71. The smallest absolute Gasteiger partial charge is 0.383 e. The Labute approximate surface area is 108 Å². The molecule has 1 aromatic heterocycles. The van der Waals surface area contributed by atoms with Crippen LogP contribution in [-0.4, -0.2) is 23.8 Å². The number of alkyl halides is 3. The second kappa shape index (κ2) is 5.42. The molecule has 0 spiro atoms. The highest BCUT2D eigenvalue weighted by molar-refractivity contribution is 6.30. The Hall–Kier alpha value is -0.850. The molecule has 0 aliphatic heterocycles. The van der Waals surface area contributed by atoms with E-state index in [0.717, 1.165) is 12.1 Å². The monoisotopic (exact) mass is 283 g/mol. The van der Waals surface area contributed by atoms with Crippen LogP contribution in [0.5, 0.6) is 0 Å². The molecule has 7 heteroatoms. The lowest BCUT2D eigenvalue weighted by atomic mass is 9.93. The topological polar surface area (TPSA) is 42.4 Å². The van der Waals surface area contributed by atoms with Gasteiger partial charge in [0.05, 0.1) is 6.61 Å². The number of pyridine rings is 1. The second-order valence-electron chi connectivity index (χ2n) is 3.85. The summed E-state index contributed by atoms with van der Waals surface area (Å²) in [5, 5.41) is 9.87. The van der Waals surface area contributed by atoms with Crippen LogP contribution in [0.15, 0.2) is 12.1 Å². The summed E-state index contributed by atoms with van der Waals surface area (Å²) in [6.45, 7) is 1.60. The first-order chi connectivity index (χ1) is 8.24. The summed E-state index contributed by atoms with van der Waals surface area (Å²) in [7, 11) is 1.38. The molecular formula is C11H13ClF3NO2. The van der Waals surface area contributed by atoms with Crippen LogP contribution in [-0.2, 0) is 16.5 Å². The lowest BCUT2D eigenvalue weighted by Gasteiger charge is -2.27. The molecule has 1 N–H and O–H groups in total. The van der Waals surface area contributed by atoms with Crippen LogP contribution in [0.2, 0.25) is 5.15 Å². The number of hydrogen-bond acceptors (Lipinski definition) is 3. The van der Waals surface area contributed by atoms with Crippen LogP contribution >= 0.6 is 11.6 Å². The summed E-state index contributed by atoms with van der Waals surface area (Å²) in [5.41, 5.74) is -2.41. The minimum Gasteiger partial charge on any atom is -0.383 e. The molecule has 0 saturated carbocycles. The zero-order valence-electron chi connectivity index (χ0n) is 9.88. The Morgan fingerprint density at radius 1 is 1.39 bits per heavy atom. The first-order valence-corrected chi connectivity index (χ1v) is 5.58. The maximum Gasteiger partial charge on any atom is 0.433 e. The van der Waals surface area contributed by atoms with E-state index in [1.807, 2.05) is 0 Å². The van der Waals surface area contributed by atoms with Gasteiger partial charge in [0.15, 0.2) is 0 Å². The number of nitrogens with zero attached hydrogens (tertiary/aromatic N) is 1. The van der Waals surface area contributed by atoms with Gasteiger partial charge >= 0.3 is 6.18 Å². The third-order valence-corrected chi connectivity index (χ3v) is 2.90. The van der Waals surface area contributed by atoms with Gasteiger partial charge in [-0.3, -0.25) is 0 Å². The minimum absolute atomic E-state index is 0.0732. The van der Waals surface area contributed by atoms with E-state index in [4.69, 9.17) is 16.3 Å². The van der Waals surface area contributed by atoms with E-state index < -0.39 is 17.5 Å². The molecule has 1 unspecified atom stereocenters. The predicted molar refractivity (Wildman–Crippen MR) is 60.3 cm³/mol. The lowest BCUT2D eigenvalue weighted by molar-refractivity contribution is -0.141. The average Bonchev–Trinajstić information content (AvgIpc) is 2.27. The van der Waals surface area contributed by atoms with Crippen LogP contribution in [0.3, 0.4) is 0 Å². The van der Waals surface area contributed by atoms with Crippen molar-refractivity contribution in [3.8, 4) is 0 Å². The molecule has 0 aliphatic rings. The van der Waals surface area contributed by atoms with Gasteiger partial charge in [-0.2, -0.15) is 13.2 Å². The Kier molecular flexibility index (Phi) is 4.58. The third kappa shape index (κ3) is 3.13. The number of halogens is 4. The van der Waals surface area contributed by atoms with Crippen molar-refractivity contribution in [2.24, 2.45) is 0 Å². The standard InChI is InChI=1S/C11H13ClF3NO2/c1-3-10(17,6-18-2)7-4-5-8(11(13,14)15)16-9(7)12/h4-5,17H,3,6H2,1-2H3. The maximum atomic E-state index is 12.4. The number of rotatable bonds is 4. The van der Waals surface area contributed by atoms with Crippen molar-refractivity contribution in [1.82, 2.24) is 4.98 Å². The van der Waals surface area contributed by atoms with Gasteiger partial charge in [-0.25, -0.2) is 4.98 Å². The van der Waals surface area contributed by atoms with Gasteiger partial charge < -0.3 is 9.84 Å². The van der Waals surface area contributed by atoms with Crippen molar-refractivity contribution in [3.63, 3.8) is 0 Å². The molecule has 0 amide bonds. The van der Waals surface area contributed by atoms with E-state index in [2.05, 4.69) is 4.98 Å². The Morgan fingerprint density at radius 2 is 2.00 bits per heavy atom. The first-order valence-electron chi connectivity index (χ1n) is 5.20. The molecular weight excluding hydrogens is 271 g/mol. The molecule has 1 heterocycles. The van der Waals surface area contributed by atoms with E-state index in [1.165, 1.54) is 7.11 Å². The van der Waals surface area contributed by atoms with Crippen LogP contribution < -0.4 is 0 Å². The number of aliphatic hydroxyl groups is 1. The van der Waals surface area contributed by atoms with Crippen molar-refractivity contribution < 1.29 is 23.0 Å². The van der Waals surface area contributed by atoms with E-state index in [-0.39, 0.29) is 23.7 Å². The molecule has 0 fully saturated rings. The van der Waals surface area contributed by atoms with Crippen LogP contribution in [0, 0.1) is 0 Å². The van der Waals surface area contributed by atoms with Gasteiger partial charge in [-0.15, -0.1) is 0 Å². The van der Waals surface area contributed by atoms with Crippen molar-refractivity contribution in [3.05, 3.63) is 28.5 Å². The Bertz CT molecular complexity index is 425. The minimum atomic E-state index is -4.56. The first kappa shape index (κ1) is 15.2. The SMILES string of the molecule is CCC(O)(COC)c1ccc(C(F)(F)F)nc1Cl. The molecule has 1 atom stereocenters. The average molecular weight is 284 g/mol.